The molecule has 0 unspecified atom stereocenters. The summed E-state index contributed by atoms with van der Waals surface area (Å²) in [4.78, 5) is 9.33. The molecule has 0 aliphatic carbocycles. The molecule has 0 atom stereocenters. The molecule has 0 amide bonds. The highest BCUT2D eigenvalue weighted by Crippen LogP contribution is 2.35. The molecule has 168 valence electrons. The molecule has 5 aromatic rings. The third kappa shape index (κ3) is 4.59. The lowest BCUT2D eigenvalue weighted by Crippen LogP contribution is -2.12. The Balaban J connectivity index is 1.44. The molecule has 0 bridgehead atoms. The molecule has 5 rings (SSSR count). The second-order valence-corrected chi connectivity index (χ2v) is 8.09. The number of nitrogen functional groups attached to an aromatic ring is 1. The lowest BCUT2D eigenvalue weighted by Gasteiger charge is -2.13. The molecule has 6 nitrogen and oxygen atoms in total. The third-order valence-corrected chi connectivity index (χ3v) is 5.79. The van der Waals surface area contributed by atoms with Crippen molar-refractivity contribution in [1.82, 2.24) is 15.3 Å². The number of aromatic hydroxyl groups is 1. The summed E-state index contributed by atoms with van der Waals surface area (Å²) in [5.74, 6) is 6.58. The molecule has 3 aromatic carbocycles. The maximum atomic E-state index is 9.42. The van der Waals surface area contributed by atoms with Crippen LogP contribution in [0.15, 0.2) is 97.2 Å². The van der Waals surface area contributed by atoms with E-state index >= 15 is 0 Å². The van der Waals surface area contributed by atoms with Crippen LogP contribution in [-0.2, 0) is 13.1 Å². The number of aromatic nitrogens is 2. The van der Waals surface area contributed by atoms with E-state index in [2.05, 4.69) is 58.2 Å². The first-order valence-electron chi connectivity index (χ1n) is 11.1. The van der Waals surface area contributed by atoms with Gasteiger partial charge in [0.2, 0.25) is 0 Å². The zero-order valence-electron chi connectivity index (χ0n) is 18.6. The molecule has 5 N–H and O–H groups in total. The maximum Gasteiger partial charge on any atom is 0.149 e. The van der Waals surface area contributed by atoms with Crippen molar-refractivity contribution in [2.75, 3.05) is 5.43 Å². The van der Waals surface area contributed by atoms with Gasteiger partial charge in [0.15, 0.2) is 0 Å². The number of anilines is 1. The Labute approximate surface area is 198 Å². The van der Waals surface area contributed by atoms with E-state index in [1.807, 2.05) is 36.4 Å². The Kier molecular flexibility index (Phi) is 6.16. The first-order chi connectivity index (χ1) is 16.7. The molecular weight excluding hydrogens is 422 g/mol. The van der Waals surface area contributed by atoms with Crippen molar-refractivity contribution in [3.05, 3.63) is 108 Å². The summed E-state index contributed by atoms with van der Waals surface area (Å²) >= 11 is 0. The smallest absolute Gasteiger partial charge is 0.149 e. The van der Waals surface area contributed by atoms with Crippen molar-refractivity contribution in [1.29, 1.82) is 0 Å². The summed E-state index contributed by atoms with van der Waals surface area (Å²) in [6.45, 7) is 1.48. The number of hydrogen-bond donors (Lipinski definition) is 4. The van der Waals surface area contributed by atoms with Crippen LogP contribution in [0, 0.1) is 0 Å². The topological polar surface area (TPSA) is 96.1 Å². The highest BCUT2D eigenvalue weighted by molar-refractivity contribution is 5.96. The molecule has 0 radical (unpaired) electrons. The number of fused-ring (bicyclic) bond motifs is 1. The molecule has 0 aliphatic rings. The normalized spacial score (nSPS) is 11.0. The minimum absolute atomic E-state index is 0.281. The van der Waals surface area contributed by atoms with Crippen molar-refractivity contribution >= 4 is 16.7 Å². The summed E-state index contributed by atoms with van der Waals surface area (Å²) < 4.78 is 0. The van der Waals surface area contributed by atoms with E-state index in [4.69, 9.17) is 10.8 Å². The number of benzene rings is 3. The van der Waals surface area contributed by atoms with Crippen LogP contribution in [0.2, 0.25) is 0 Å². The quantitative estimate of drug-likeness (QED) is 0.201. The molecule has 34 heavy (non-hydrogen) atoms. The van der Waals surface area contributed by atoms with Crippen molar-refractivity contribution in [3.63, 3.8) is 0 Å². The Bertz CT molecular complexity index is 1400. The predicted octanol–water partition coefficient (Wildman–Crippen LogP) is 5.24. The van der Waals surface area contributed by atoms with Crippen LogP contribution in [0.1, 0.15) is 11.1 Å². The van der Waals surface area contributed by atoms with E-state index < -0.39 is 0 Å². The van der Waals surface area contributed by atoms with Gasteiger partial charge in [0, 0.05) is 35.8 Å². The van der Waals surface area contributed by atoms with Gasteiger partial charge in [-0.3, -0.25) is 0 Å². The number of rotatable bonds is 7. The van der Waals surface area contributed by atoms with E-state index in [1.165, 1.54) is 5.56 Å². The van der Waals surface area contributed by atoms with Gasteiger partial charge in [0.05, 0.1) is 11.2 Å². The van der Waals surface area contributed by atoms with Crippen LogP contribution in [0.3, 0.4) is 0 Å². The number of phenols is 1. The van der Waals surface area contributed by atoms with E-state index in [9.17, 15) is 5.11 Å². The van der Waals surface area contributed by atoms with Gasteiger partial charge < -0.3 is 15.8 Å². The number of nitrogens with zero attached hydrogens (tertiary/aromatic N) is 2. The molecule has 0 fully saturated rings. The number of nitrogens with two attached hydrogens (primary N) is 1. The van der Waals surface area contributed by atoms with Crippen LogP contribution < -0.4 is 16.6 Å². The van der Waals surface area contributed by atoms with Crippen LogP contribution >= 0.6 is 0 Å². The fourth-order valence-electron chi connectivity index (χ4n) is 4.01. The Morgan fingerprint density at radius 2 is 1.44 bits per heavy atom. The van der Waals surface area contributed by atoms with Crippen molar-refractivity contribution in [2.24, 2.45) is 5.84 Å². The van der Waals surface area contributed by atoms with Gasteiger partial charge in [0.25, 0.3) is 0 Å². The third-order valence-electron chi connectivity index (χ3n) is 5.79. The summed E-state index contributed by atoms with van der Waals surface area (Å²) in [6.07, 6.45) is 1.71. The number of nitrogens with one attached hydrogen (secondary N) is 2. The van der Waals surface area contributed by atoms with Gasteiger partial charge in [-0.15, -0.1) is 0 Å². The van der Waals surface area contributed by atoms with E-state index in [0.29, 0.717) is 5.82 Å². The molecule has 0 saturated heterocycles. The predicted molar refractivity (Wildman–Crippen MR) is 137 cm³/mol. The van der Waals surface area contributed by atoms with Gasteiger partial charge in [-0.25, -0.2) is 15.8 Å². The second-order valence-electron chi connectivity index (χ2n) is 8.09. The van der Waals surface area contributed by atoms with Crippen molar-refractivity contribution < 1.29 is 5.11 Å². The standard InChI is InChI=1S/C28H25N5O/c29-33-28-25-16-24(21-4-2-1-3-5-21)27(32-26(25)14-15-31-28)22-10-6-19(7-11-22)17-30-18-20-8-12-23(34)13-9-20/h1-16,30,34H,17-18,29H2,(H,31,33). The van der Waals surface area contributed by atoms with Crippen LogP contribution in [0.4, 0.5) is 5.82 Å². The lowest BCUT2D eigenvalue weighted by atomic mass is 9.97. The Hall–Kier alpha value is -4.26. The van der Waals surface area contributed by atoms with Crippen LogP contribution in [0.5, 0.6) is 5.75 Å². The summed E-state index contributed by atoms with van der Waals surface area (Å²) in [5.41, 5.74) is 9.88. The largest absolute Gasteiger partial charge is 0.508 e. The molecule has 0 aliphatic heterocycles. The second kappa shape index (κ2) is 9.70. The SMILES string of the molecule is NNc1nccc2nc(-c3ccc(CNCc4ccc(O)cc4)cc3)c(-c3ccccc3)cc12. The number of hydrogen-bond acceptors (Lipinski definition) is 6. The first-order valence-corrected chi connectivity index (χ1v) is 11.1. The van der Waals surface area contributed by atoms with E-state index in [0.717, 1.165) is 51.9 Å². The van der Waals surface area contributed by atoms with Crippen molar-refractivity contribution in [2.45, 2.75) is 13.1 Å². The summed E-state index contributed by atoms with van der Waals surface area (Å²) in [5, 5.41) is 13.7. The molecule has 2 heterocycles. The summed E-state index contributed by atoms with van der Waals surface area (Å²) in [6, 6.07) is 29.9. The van der Waals surface area contributed by atoms with Gasteiger partial charge in [-0.1, -0.05) is 66.7 Å². The minimum Gasteiger partial charge on any atom is -0.508 e. The number of pyridine rings is 2. The fourth-order valence-corrected chi connectivity index (χ4v) is 4.01. The zero-order chi connectivity index (χ0) is 23.3. The monoisotopic (exact) mass is 447 g/mol. The first kappa shape index (κ1) is 21.6. The molecule has 0 saturated carbocycles. The lowest BCUT2D eigenvalue weighted by molar-refractivity contribution is 0.475. The maximum absolute atomic E-state index is 9.42. The van der Waals surface area contributed by atoms with Crippen molar-refractivity contribution in [3.8, 4) is 28.1 Å². The Morgan fingerprint density at radius 1 is 0.765 bits per heavy atom. The van der Waals surface area contributed by atoms with Crippen LogP contribution in [-0.4, -0.2) is 15.1 Å². The highest BCUT2D eigenvalue weighted by Gasteiger charge is 2.13. The number of phenolic OH excluding ortho intramolecular Hbond substituents is 1. The molecule has 6 heteroatoms. The fraction of sp³-hybridized carbons (Fsp3) is 0.0714. The Morgan fingerprint density at radius 3 is 2.12 bits per heavy atom. The molecular formula is C28H25N5O. The van der Waals surface area contributed by atoms with Gasteiger partial charge in [0.1, 0.15) is 11.6 Å². The minimum atomic E-state index is 0.281. The van der Waals surface area contributed by atoms with Gasteiger partial charge >= 0.3 is 0 Å². The van der Waals surface area contributed by atoms with Crippen LogP contribution in [0.25, 0.3) is 33.3 Å². The highest BCUT2D eigenvalue weighted by atomic mass is 16.3. The molecule has 2 aromatic heterocycles. The van der Waals surface area contributed by atoms with Gasteiger partial charge in [-0.05, 0) is 41.0 Å². The van der Waals surface area contributed by atoms with Gasteiger partial charge in [-0.2, -0.15) is 0 Å². The average Bonchev–Trinajstić information content (AvgIpc) is 2.89. The summed E-state index contributed by atoms with van der Waals surface area (Å²) in [7, 11) is 0. The molecule has 0 spiro atoms. The van der Waals surface area contributed by atoms with E-state index in [1.54, 1.807) is 18.3 Å². The average molecular weight is 448 g/mol. The van der Waals surface area contributed by atoms with E-state index in [-0.39, 0.29) is 5.75 Å². The number of hydrazine groups is 1. The zero-order valence-corrected chi connectivity index (χ0v) is 18.6.